The smallest absolute Gasteiger partial charge is 0.270 e. The quantitative estimate of drug-likeness (QED) is 0.436. The lowest BCUT2D eigenvalue weighted by Gasteiger charge is -2.18. The Kier molecular flexibility index (Phi) is 5.20. The number of nitro groups is 1. The summed E-state index contributed by atoms with van der Waals surface area (Å²) in [5.74, 6) is 0.419. The minimum atomic E-state index is -1.17. The van der Waals surface area contributed by atoms with Gasteiger partial charge in [0, 0.05) is 17.7 Å². The number of non-ortho nitro benzene ring substituents is 1. The maximum atomic E-state index is 10.5. The van der Waals surface area contributed by atoms with Crippen LogP contribution in [0.5, 0.6) is 0 Å². The number of halogens is 1. The number of nitrogens with zero attached hydrogens (tertiary/aromatic N) is 1. The SMILES string of the molecule is O=[N+]([O-])c1ccc(C(O)C(O)CCS)c(Cl)c1. The van der Waals surface area contributed by atoms with E-state index in [2.05, 4.69) is 12.6 Å². The first-order chi connectivity index (χ1) is 7.97. The highest BCUT2D eigenvalue weighted by Gasteiger charge is 2.21. The summed E-state index contributed by atoms with van der Waals surface area (Å²) in [5, 5.41) is 29.9. The molecule has 0 heterocycles. The van der Waals surface area contributed by atoms with Crippen molar-refractivity contribution in [2.45, 2.75) is 18.6 Å². The molecule has 0 saturated carbocycles. The van der Waals surface area contributed by atoms with Gasteiger partial charge in [-0.1, -0.05) is 11.6 Å². The molecule has 7 heteroatoms. The van der Waals surface area contributed by atoms with Gasteiger partial charge < -0.3 is 10.2 Å². The van der Waals surface area contributed by atoms with E-state index in [1.54, 1.807) is 0 Å². The topological polar surface area (TPSA) is 83.6 Å². The minimum absolute atomic E-state index is 0.0601. The van der Waals surface area contributed by atoms with Gasteiger partial charge in [-0.3, -0.25) is 10.1 Å². The van der Waals surface area contributed by atoms with Crippen LogP contribution in [0.4, 0.5) is 5.69 Å². The van der Waals surface area contributed by atoms with E-state index in [0.29, 0.717) is 12.2 Å². The van der Waals surface area contributed by atoms with Crippen LogP contribution in [0.3, 0.4) is 0 Å². The van der Waals surface area contributed by atoms with Crippen LogP contribution >= 0.6 is 24.2 Å². The first-order valence-corrected chi connectivity index (χ1v) is 5.89. The first kappa shape index (κ1) is 14.2. The molecule has 0 aliphatic heterocycles. The van der Waals surface area contributed by atoms with Crippen LogP contribution in [0.15, 0.2) is 18.2 Å². The van der Waals surface area contributed by atoms with Gasteiger partial charge in [0.1, 0.15) is 6.10 Å². The number of aliphatic hydroxyl groups is 2. The summed E-state index contributed by atoms with van der Waals surface area (Å²) in [6.45, 7) is 0. The fourth-order valence-corrected chi connectivity index (χ4v) is 1.92. The molecule has 0 fully saturated rings. The summed E-state index contributed by atoms with van der Waals surface area (Å²) in [6.07, 6.45) is -1.86. The summed E-state index contributed by atoms with van der Waals surface area (Å²) in [6, 6.07) is 3.72. The average Bonchev–Trinajstić information content (AvgIpc) is 2.28. The molecule has 1 aromatic carbocycles. The lowest BCUT2D eigenvalue weighted by Crippen LogP contribution is -2.19. The zero-order chi connectivity index (χ0) is 13.0. The van der Waals surface area contributed by atoms with Crippen LogP contribution < -0.4 is 0 Å². The number of aliphatic hydroxyl groups excluding tert-OH is 2. The Morgan fingerprint density at radius 1 is 1.47 bits per heavy atom. The predicted octanol–water partition coefficient (Wildman–Crippen LogP) is 1.96. The van der Waals surface area contributed by atoms with Crippen molar-refractivity contribution in [1.29, 1.82) is 0 Å². The Hall–Kier alpha value is -0.820. The van der Waals surface area contributed by atoms with Crippen molar-refractivity contribution < 1.29 is 15.1 Å². The molecular weight excluding hydrogens is 266 g/mol. The highest BCUT2D eigenvalue weighted by atomic mass is 35.5. The number of benzene rings is 1. The van der Waals surface area contributed by atoms with Gasteiger partial charge in [-0.05, 0) is 18.2 Å². The first-order valence-electron chi connectivity index (χ1n) is 4.88. The standard InChI is InChI=1S/C10H12ClNO4S/c11-8-5-6(12(15)16)1-2-7(8)10(14)9(13)3-4-17/h1-2,5,9-10,13-14,17H,3-4H2. The van der Waals surface area contributed by atoms with E-state index in [1.165, 1.54) is 12.1 Å². The number of nitro benzene ring substituents is 1. The Balaban J connectivity index is 2.95. The molecule has 17 heavy (non-hydrogen) atoms. The van der Waals surface area contributed by atoms with E-state index in [1.807, 2.05) is 0 Å². The third kappa shape index (κ3) is 3.57. The molecule has 1 aromatic rings. The number of hydrogen-bond acceptors (Lipinski definition) is 5. The van der Waals surface area contributed by atoms with Gasteiger partial charge in [-0.2, -0.15) is 12.6 Å². The monoisotopic (exact) mass is 277 g/mol. The molecule has 2 atom stereocenters. The molecule has 0 aliphatic carbocycles. The fourth-order valence-electron chi connectivity index (χ4n) is 1.37. The zero-order valence-electron chi connectivity index (χ0n) is 8.78. The van der Waals surface area contributed by atoms with Gasteiger partial charge in [0.15, 0.2) is 0 Å². The van der Waals surface area contributed by atoms with Gasteiger partial charge in [0.25, 0.3) is 5.69 Å². The molecule has 0 bridgehead atoms. The Bertz CT molecular complexity index is 415. The second-order valence-electron chi connectivity index (χ2n) is 3.49. The van der Waals surface area contributed by atoms with Crippen LogP contribution in [-0.2, 0) is 0 Å². The molecule has 0 spiro atoms. The fraction of sp³-hybridized carbons (Fsp3) is 0.400. The molecular formula is C10H12ClNO4S. The van der Waals surface area contributed by atoms with E-state index in [9.17, 15) is 20.3 Å². The van der Waals surface area contributed by atoms with E-state index < -0.39 is 17.1 Å². The minimum Gasteiger partial charge on any atom is -0.390 e. The summed E-state index contributed by atoms with van der Waals surface area (Å²) >= 11 is 9.76. The highest BCUT2D eigenvalue weighted by Crippen LogP contribution is 2.29. The zero-order valence-corrected chi connectivity index (χ0v) is 10.4. The average molecular weight is 278 g/mol. The molecule has 0 radical (unpaired) electrons. The number of hydrogen-bond donors (Lipinski definition) is 3. The Morgan fingerprint density at radius 3 is 2.59 bits per heavy atom. The van der Waals surface area contributed by atoms with E-state index >= 15 is 0 Å². The van der Waals surface area contributed by atoms with Crippen LogP contribution in [0.1, 0.15) is 18.1 Å². The molecule has 0 saturated heterocycles. The maximum absolute atomic E-state index is 10.5. The van der Waals surface area contributed by atoms with Gasteiger partial charge in [0.05, 0.1) is 16.0 Å². The number of thiol groups is 1. The Morgan fingerprint density at radius 2 is 2.12 bits per heavy atom. The van der Waals surface area contributed by atoms with Crippen LogP contribution in [0, 0.1) is 10.1 Å². The van der Waals surface area contributed by atoms with Gasteiger partial charge in [0.2, 0.25) is 0 Å². The summed E-state index contributed by atoms with van der Waals surface area (Å²) in [5.41, 5.74) is 0.112. The lowest BCUT2D eigenvalue weighted by atomic mass is 10.0. The molecule has 2 unspecified atom stereocenters. The lowest BCUT2D eigenvalue weighted by molar-refractivity contribution is -0.384. The van der Waals surface area contributed by atoms with E-state index in [4.69, 9.17) is 11.6 Å². The molecule has 2 N–H and O–H groups in total. The van der Waals surface area contributed by atoms with Crippen LogP contribution in [0.2, 0.25) is 5.02 Å². The normalized spacial score (nSPS) is 14.4. The Labute approximate surface area is 109 Å². The van der Waals surface area contributed by atoms with Crippen molar-refractivity contribution in [2.24, 2.45) is 0 Å². The third-order valence-electron chi connectivity index (χ3n) is 2.30. The van der Waals surface area contributed by atoms with Gasteiger partial charge >= 0.3 is 0 Å². The largest absolute Gasteiger partial charge is 0.390 e. The van der Waals surface area contributed by atoms with E-state index in [-0.39, 0.29) is 16.3 Å². The predicted molar refractivity (Wildman–Crippen MR) is 67.5 cm³/mol. The van der Waals surface area contributed by atoms with Crippen LogP contribution in [-0.4, -0.2) is 27.0 Å². The van der Waals surface area contributed by atoms with E-state index in [0.717, 1.165) is 6.07 Å². The summed E-state index contributed by atoms with van der Waals surface area (Å²) < 4.78 is 0. The summed E-state index contributed by atoms with van der Waals surface area (Å²) in [4.78, 5) is 9.92. The molecule has 0 amide bonds. The van der Waals surface area contributed by atoms with Crippen molar-refractivity contribution in [2.75, 3.05) is 5.75 Å². The molecule has 0 aliphatic rings. The maximum Gasteiger partial charge on any atom is 0.270 e. The van der Waals surface area contributed by atoms with Crippen molar-refractivity contribution in [3.63, 3.8) is 0 Å². The second-order valence-corrected chi connectivity index (χ2v) is 4.34. The van der Waals surface area contributed by atoms with Crippen molar-refractivity contribution in [3.8, 4) is 0 Å². The highest BCUT2D eigenvalue weighted by molar-refractivity contribution is 7.80. The van der Waals surface area contributed by atoms with Crippen LogP contribution in [0.25, 0.3) is 0 Å². The molecule has 0 aromatic heterocycles. The second kappa shape index (κ2) is 6.20. The van der Waals surface area contributed by atoms with Crippen molar-refractivity contribution in [3.05, 3.63) is 38.9 Å². The van der Waals surface area contributed by atoms with Crippen molar-refractivity contribution in [1.82, 2.24) is 0 Å². The third-order valence-corrected chi connectivity index (χ3v) is 2.89. The van der Waals surface area contributed by atoms with Crippen molar-refractivity contribution >= 4 is 29.9 Å². The molecule has 94 valence electrons. The van der Waals surface area contributed by atoms with Gasteiger partial charge in [-0.25, -0.2) is 0 Å². The molecule has 5 nitrogen and oxygen atoms in total. The number of rotatable bonds is 5. The summed E-state index contributed by atoms with van der Waals surface area (Å²) in [7, 11) is 0. The molecule has 1 rings (SSSR count). The van der Waals surface area contributed by atoms with Gasteiger partial charge in [-0.15, -0.1) is 0 Å².